The molecule has 0 aliphatic carbocycles. The average Bonchev–Trinajstić information content (AvgIpc) is 2.74. The number of nitrogens with zero attached hydrogens (tertiary/aromatic N) is 1. The Labute approximate surface area is 113 Å². The summed E-state index contributed by atoms with van der Waals surface area (Å²) < 4.78 is 25.6. The van der Waals surface area contributed by atoms with Crippen LogP contribution < -0.4 is 0 Å². The summed E-state index contributed by atoms with van der Waals surface area (Å²) in [5.41, 5.74) is 1.79. The Hall–Kier alpha value is -1.33. The molecule has 2 aromatic rings. The van der Waals surface area contributed by atoms with E-state index in [0.29, 0.717) is 6.54 Å². The predicted octanol–water partition coefficient (Wildman–Crippen LogP) is 1.96. The van der Waals surface area contributed by atoms with Crippen molar-refractivity contribution in [2.24, 2.45) is 0 Å². The summed E-state index contributed by atoms with van der Waals surface area (Å²) in [6, 6.07) is 7.71. The molecule has 1 aromatic carbocycles. The van der Waals surface area contributed by atoms with Crippen LogP contribution in [0, 0.1) is 0 Å². The number of aliphatic hydroxyl groups is 1. The van der Waals surface area contributed by atoms with Gasteiger partial charge >= 0.3 is 0 Å². The summed E-state index contributed by atoms with van der Waals surface area (Å²) in [4.78, 5) is 0. The Morgan fingerprint density at radius 1 is 1.26 bits per heavy atom. The molecule has 1 aromatic heterocycles. The van der Waals surface area contributed by atoms with Gasteiger partial charge in [0, 0.05) is 29.2 Å². The summed E-state index contributed by atoms with van der Waals surface area (Å²) in [6.07, 6.45) is 1.83. The van der Waals surface area contributed by atoms with Crippen molar-refractivity contribution in [3.05, 3.63) is 36.0 Å². The van der Waals surface area contributed by atoms with Crippen molar-refractivity contribution in [3.63, 3.8) is 0 Å². The molecule has 2 rings (SSSR count). The van der Waals surface area contributed by atoms with E-state index in [2.05, 4.69) is 0 Å². The zero-order chi connectivity index (χ0) is 14.0. The molecule has 0 fully saturated rings. The summed E-state index contributed by atoms with van der Waals surface area (Å²) in [7, 11) is -3.05. The van der Waals surface area contributed by atoms with Gasteiger partial charge in [-0.15, -0.1) is 0 Å². The van der Waals surface area contributed by atoms with Gasteiger partial charge in [0.05, 0.1) is 17.6 Å². The van der Waals surface area contributed by atoms with Crippen LogP contribution in [0.15, 0.2) is 30.5 Å². The molecule has 0 bridgehead atoms. The highest BCUT2D eigenvalue weighted by atomic mass is 32.2. The lowest BCUT2D eigenvalue weighted by molar-refractivity contribution is 0.283. The van der Waals surface area contributed by atoms with E-state index >= 15 is 0 Å². The molecule has 0 spiro atoms. The van der Waals surface area contributed by atoms with Crippen molar-refractivity contribution in [3.8, 4) is 0 Å². The van der Waals surface area contributed by atoms with Crippen LogP contribution in [0.25, 0.3) is 10.9 Å². The maximum atomic E-state index is 11.9. The molecule has 0 saturated heterocycles. The van der Waals surface area contributed by atoms with E-state index in [4.69, 9.17) is 0 Å². The van der Waals surface area contributed by atoms with Crippen molar-refractivity contribution in [2.45, 2.75) is 32.2 Å². The molecule has 0 radical (unpaired) electrons. The highest BCUT2D eigenvalue weighted by molar-refractivity contribution is 7.91. The smallest absolute Gasteiger partial charge is 0.154 e. The standard InChI is InChI=1S/C14H19NO3S/c1-11(2)19(17,18)8-7-15-9-12(10-16)13-5-3-4-6-14(13)15/h3-6,9,11,16H,7-8,10H2,1-2H3. The first-order chi connectivity index (χ1) is 8.95. The maximum absolute atomic E-state index is 11.9. The summed E-state index contributed by atoms with van der Waals surface area (Å²) >= 11 is 0. The number of rotatable bonds is 5. The Balaban J connectivity index is 2.32. The monoisotopic (exact) mass is 281 g/mol. The van der Waals surface area contributed by atoms with Crippen LogP contribution >= 0.6 is 0 Å². The van der Waals surface area contributed by atoms with Crippen LogP contribution in [-0.4, -0.2) is 29.1 Å². The molecule has 0 aliphatic rings. The summed E-state index contributed by atoms with van der Waals surface area (Å²) in [5.74, 6) is 0.119. The van der Waals surface area contributed by atoms with Crippen LogP contribution in [-0.2, 0) is 23.0 Å². The first kappa shape index (κ1) is 14.1. The lowest BCUT2D eigenvalue weighted by atomic mass is 10.2. The molecule has 0 atom stereocenters. The molecule has 104 valence electrons. The molecular weight excluding hydrogens is 262 g/mol. The SMILES string of the molecule is CC(C)S(=O)(=O)CCn1cc(CO)c2ccccc21. The molecule has 5 heteroatoms. The van der Waals surface area contributed by atoms with Crippen LogP contribution in [0.5, 0.6) is 0 Å². The minimum absolute atomic E-state index is 0.0373. The average molecular weight is 281 g/mol. The van der Waals surface area contributed by atoms with Gasteiger partial charge in [0.15, 0.2) is 9.84 Å². The molecule has 0 aliphatic heterocycles. The Bertz CT molecular complexity index is 671. The van der Waals surface area contributed by atoms with Crippen LogP contribution in [0.3, 0.4) is 0 Å². The molecular formula is C14H19NO3S. The van der Waals surface area contributed by atoms with Gasteiger partial charge < -0.3 is 9.67 Å². The van der Waals surface area contributed by atoms with E-state index in [9.17, 15) is 13.5 Å². The minimum atomic E-state index is -3.05. The number of aliphatic hydroxyl groups excluding tert-OH is 1. The number of aromatic nitrogens is 1. The van der Waals surface area contributed by atoms with E-state index in [1.807, 2.05) is 35.0 Å². The van der Waals surface area contributed by atoms with Gasteiger partial charge in [-0.2, -0.15) is 0 Å². The zero-order valence-electron chi connectivity index (χ0n) is 11.2. The predicted molar refractivity (Wildman–Crippen MR) is 76.8 cm³/mol. The molecule has 0 amide bonds. The third-order valence-electron chi connectivity index (χ3n) is 3.38. The van der Waals surface area contributed by atoms with E-state index in [-0.39, 0.29) is 17.6 Å². The Kier molecular flexibility index (Phi) is 3.96. The normalized spacial score (nSPS) is 12.4. The first-order valence-corrected chi connectivity index (χ1v) is 8.06. The van der Waals surface area contributed by atoms with Crippen molar-refractivity contribution >= 4 is 20.7 Å². The molecule has 4 nitrogen and oxygen atoms in total. The largest absolute Gasteiger partial charge is 0.392 e. The topological polar surface area (TPSA) is 59.3 Å². The first-order valence-electron chi connectivity index (χ1n) is 6.35. The van der Waals surface area contributed by atoms with Crippen molar-refractivity contribution < 1.29 is 13.5 Å². The minimum Gasteiger partial charge on any atom is -0.392 e. The van der Waals surface area contributed by atoms with E-state index < -0.39 is 9.84 Å². The fourth-order valence-electron chi connectivity index (χ4n) is 2.10. The number of hydrogen-bond acceptors (Lipinski definition) is 3. The Morgan fingerprint density at radius 3 is 2.58 bits per heavy atom. The van der Waals surface area contributed by atoms with Gasteiger partial charge in [0.1, 0.15) is 0 Å². The summed E-state index contributed by atoms with van der Waals surface area (Å²) in [6.45, 7) is 3.77. The second-order valence-electron chi connectivity index (χ2n) is 4.94. The fourth-order valence-corrected chi connectivity index (χ4v) is 3.02. The molecule has 0 saturated carbocycles. The maximum Gasteiger partial charge on any atom is 0.154 e. The van der Waals surface area contributed by atoms with Crippen molar-refractivity contribution in [1.29, 1.82) is 0 Å². The second kappa shape index (κ2) is 5.35. The number of para-hydroxylation sites is 1. The molecule has 19 heavy (non-hydrogen) atoms. The third-order valence-corrected chi connectivity index (χ3v) is 5.56. The van der Waals surface area contributed by atoms with E-state index in [1.54, 1.807) is 13.8 Å². The number of benzene rings is 1. The molecule has 0 unspecified atom stereocenters. The lowest BCUT2D eigenvalue weighted by Gasteiger charge is -2.09. The van der Waals surface area contributed by atoms with Gasteiger partial charge in [-0.3, -0.25) is 0 Å². The van der Waals surface area contributed by atoms with Crippen molar-refractivity contribution in [2.75, 3.05) is 5.75 Å². The van der Waals surface area contributed by atoms with Crippen LogP contribution in [0.2, 0.25) is 0 Å². The zero-order valence-corrected chi connectivity index (χ0v) is 12.0. The van der Waals surface area contributed by atoms with Gasteiger partial charge in [-0.1, -0.05) is 18.2 Å². The van der Waals surface area contributed by atoms with Gasteiger partial charge in [-0.05, 0) is 19.9 Å². The van der Waals surface area contributed by atoms with Gasteiger partial charge in [-0.25, -0.2) is 8.42 Å². The lowest BCUT2D eigenvalue weighted by Crippen LogP contribution is -2.20. The van der Waals surface area contributed by atoms with Crippen molar-refractivity contribution in [1.82, 2.24) is 4.57 Å². The van der Waals surface area contributed by atoms with Crippen LogP contribution in [0.4, 0.5) is 0 Å². The third kappa shape index (κ3) is 2.82. The van der Waals surface area contributed by atoms with E-state index in [1.165, 1.54) is 0 Å². The molecule has 1 heterocycles. The number of fused-ring (bicyclic) bond motifs is 1. The summed E-state index contributed by atoms with van der Waals surface area (Å²) in [5, 5.41) is 9.96. The van der Waals surface area contributed by atoms with Gasteiger partial charge in [0.25, 0.3) is 0 Å². The highest BCUT2D eigenvalue weighted by Crippen LogP contribution is 2.21. The second-order valence-corrected chi connectivity index (χ2v) is 7.62. The highest BCUT2D eigenvalue weighted by Gasteiger charge is 2.16. The number of hydrogen-bond donors (Lipinski definition) is 1. The number of aryl methyl sites for hydroxylation is 1. The quantitative estimate of drug-likeness (QED) is 0.911. The van der Waals surface area contributed by atoms with Gasteiger partial charge in [0.2, 0.25) is 0 Å². The van der Waals surface area contributed by atoms with Crippen LogP contribution in [0.1, 0.15) is 19.4 Å². The number of sulfone groups is 1. The Morgan fingerprint density at radius 2 is 1.95 bits per heavy atom. The fraction of sp³-hybridized carbons (Fsp3) is 0.429. The van der Waals surface area contributed by atoms with E-state index in [0.717, 1.165) is 16.5 Å². The molecule has 1 N–H and O–H groups in total.